The SMILES string of the molecule is COc1cc(C(=O)C(O)c2ccccc2)ccc1NCC#Cc1sc2c(NC3CCN(C)CC3F)cccc2c1CC(F)(F)F. The van der Waals surface area contributed by atoms with Crippen LogP contribution in [-0.2, 0) is 6.42 Å². The number of halogens is 4. The van der Waals surface area contributed by atoms with E-state index in [0.29, 0.717) is 50.6 Å². The van der Waals surface area contributed by atoms with Gasteiger partial charge < -0.3 is 25.4 Å². The summed E-state index contributed by atoms with van der Waals surface area (Å²) in [4.78, 5) is 15.1. The molecule has 1 aliphatic rings. The number of aliphatic hydroxyl groups is 1. The third-order valence-electron chi connectivity index (χ3n) is 7.70. The lowest BCUT2D eigenvalue weighted by atomic mass is 9.99. The molecule has 0 spiro atoms. The van der Waals surface area contributed by atoms with Crippen molar-refractivity contribution >= 4 is 38.6 Å². The summed E-state index contributed by atoms with van der Waals surface area (Å²) < 4.78 is 61.7. The molecule has 0 radical (unpaired) electrons. The number of benzene rings is 3. The number of fused-ring (bicyclic) bond motifs is 1. The van der Waals surface area contributed by atoms with E-state index in [2.05, 4.69) is 22.5 Å². The Morgan fingerprint density at radius 2 is 1.91 bits per heavy atom. The Bertz CT molecular complexity index is 1710. The highest BCUT2D eigenvalue weighted by Crippen LogP contribution is 2.39. The second kappa shape index (κ2) is 13.9. The van der Waals surface area contributed by atoms with Crippen LogP contribution in [0.15, 0.2) is 66.7 Å². The number of alkyl halides is 4. The number of ether oxygens (including phenoxy) is 1. The van der Waals surface area contributed by atoms with Crippen molar-refractivity contribution in [2.24, 2.45) is 0 Å². The maximum absolute atomic E-state index is 14.7. The number of anilines is 2. The van der Waals surface area contributed by atoms with Gasteiger partial charge in [-0.25, -0.2) is 4.39 Å². The molecule has 236 valence electrons. The highest BCUT2D eigenvalue weighted by molar-refractivity contribution is 7.20. The summed E-state index contributed by atoms with van der Waals surface area (Å²) >= 11 is 1.16. The molecule has 2 heterocycles. The first-order valence-corrected chi connectivity index (χ1v) is 15.2. The van der Waals surface area contributed by atoms with E-state index in [-0.39, 0.29) is 17.7 Å². The van der Waals surface area contributed by atoms with Gasteiger partial charge in [0, 0.05) is 18.7 Å². The normalized spacial score (nSPS) is 17.8. The second-order valence-electron chi connectivity index (χ2n) is 10.9. The van der Waals surface area contributed by atoms with Gasteiger partial charge in [0.1, 0.15) is 18.0 Å². The Labute approximate surface area is 263 Å². The first kappa shape index (κ1) is 32.3. The molecule has 45 heavy (non-hydrogen) atoms. The van der Waals surface area contributed by atoms with Crippen LogP contribution in [0.2, 0.25) is 0 Å². The van der Waals surface area contributed by atoms with Gasteiger partial charge in [-0.3, -0.25) is 4.79 Å². The van der Waals surface area contributed by atoms with Gasteiger partial charge in [0.05, 0.1) is 47.1 Å². The molecule has 0 aliphatic carbocycles. The van der Waals surface area contributed by atoms with E-state index in [1.54, 1.807) is 60.7 Å². The summed E-state index contributed by atoms with van der Waals surface area (Å²) in [5.74, 6) is 5.68. The third kappa shape index (κ3) is 7.76. The fraction of sp³-hybridized carbons (Fsp3) is 0.324. The zero-order valence-electron chi connectivity index (χ0n) is 24.7. The Morgan fingerprint density at radius 3 is 2.62 bits per heavy atom. The number of piperidine rings is 1. The molecule has 4 aromatic rings. The fourth-order valence-corrected chi connectivity index (χ4v) is 6.55. The highest BCUT2D eigenvalue weighted by atomic mass is 32.1. The Morgan fingerprint density at radius 1 is 1.13 bits per heavy atom. The van der Waals surface area contributed by atoms with Gasteiger partial charge in [0.25, 0.3) is 0 Å². The number of carbonyl (C=O) groups excluding carboxylic acids is 1. The minimum Gasteiger partial charge on any atom is -0.495 e. The van der Waals surface area contributed by atoms with E-state index in [4.69, 9.17) is 4.74 Å². The van der Waals surface area contributed by atoms with Crippen LogP contribution in [0.4, 0.5) is 28.9 Å². The molecule has 0 saturated carbocycles. The lowest BCUT2D eigenvalue weighted by Gasteiger charge is -2.33. The van der Waals surface area contributed by atoms with Crippen LogP contribution >= 0.6 is 11.3 Å². The zero-order chi connectivity index (χ0) is 32.1. The van der Waals surface area contributed by atoms with E-state index in [1.807, 2.05) is 11.9 Å². The van der Waals surface area contributed by atoms with E-state index >= 15 is 0 Å². The molecule has 6 nitrogen and oxygen atoms in total. The second-order valence-corrected chi connectivity index (χ2v) is 12.0. The summed E-state index contributed by atoms with van der Waals surface area (Å²) in [6, 6.07) is 17.9. The van der Waals surface area contributed by atoms with E-state index < -0.39 is 36.7 Å². The van der Waals surface area contributed by atoms with Gasteiger partial charge in [-0.2, -0.15) is 13.2 Å². The molecule has 5 rings (SSSR count). The first-order chi connectivity index (χ1) is 21.5. The van der Waals surface area contributed by atoms with Crippen molar-refractivity contribution in [3.05, 3.63) is 88.3 Å². The lowest BCUT2D eigenvalue weighted by molar-refractivity contribution is -0.126. The van der Waals surface area contributed by atoms with Crippen molar-refractivity contribution in [2.45, 2.75) is 37.3 Å². The predicted molar refractivity (Wildman–Crippen MR) is 170 cm³/mol. The first-order valence-electron chi connectivity index (χ1n) is 14.4. The van der Waals surface area contributed by atoms with Gasteiger partial charge in [-0.05, 0) is 54.2 Å². The average Bonchev–Trinajstić information content (AvgIpc) is 3.36. The molecule has 3 N–H and O–H groups in total. The topological polar surface area (TPSA) is 73.8 Å². The summed E-state index contributed by atoms with van der Waals surface area (Å²) in [5.41, 5.74) is 1.94. The highest BCUT2D eigenvalue weighted by Gasteiger charge is 2.32. The monoisotopic (exact) mass is 639 g/mol. The van der Waals surface area contributed by atoms with Crippen LogP contribution in [-0.4, -0.2) is 68.0 Å². The third-order valence-corrected chi connectivity index (χ3v) is 8.90. The van der Waals surface area contributed by atoms with Crippen molar-refractivity contribution in [1.82, 2.24) is 4.90 Å². The molecule has 0 amide bonds. The number of hydrogen-bond acceptors (Lipinski definition) is 7. The largest absolute Gasteiger partial charge is 0.495 e. The molecular formula is C34H33F4N3O3S. The molecule has 0 bridgehead atoms. The molecule has 1 aliphatic heterocycles. The number of Topliss-reactive ketones (excluding diaryl/α,β-unsaturated/α-hetero) is 1. The predicted octanol–water partition coefficient (Wildman–Crippen LogP) is 6.85. The lowest BCUT2D eigenvalue weighted by Crippen LogP contribution is -2.46. The number of hydrogen-bond donors (Lipinski definition) is 3. The maximum Gasteiger partial charge on any atom is 0.393 e. The number of ketones is 1. The van der Waals surface area contributed by atoms with E-state index in [0.717, 1.165) is 17.9 Å². The Balaban J connectivity index is 1.35. The standard InChI is InChI=1S/C34H33F4N3O3S/c1-41-17-15-26(25(35)20-41)40-28-11-6-10-23-24(19-34(36,37)38)30(45-33(23)28)12-7-16-39-27-14-13-22(18-29(27)44-2)32(43)31(42)21-8-4-3-5-9-21/h3-6,8-11,13-14,18,25-26,31,39-40,42H,15-17,19-20H2,1-2H3. The smallest absolute Gasteiger partial charge is 0.393 e. The molecular weight excluding hydrogens is 606 g/mol. The molecule has 11 heteroatoms. The summed E-state index contributed by atoms with van der Waals surface area (Å²) in [7, 11) is 3.30. The van der Waals surface area contributed by atoms with Gasteiger partial charge in [-0.15, -0.1) is 11.3 Å². The summed E-state index contributed by atoms with van der Waals surface area (Å²) in [6.07, 6.45) is -7.42. The minimum absolute atomic E-state index is 0.0836. The van der Waals surface area contributed by atoms with Crippen molar-refractivity contribution in [3.63, 3.8) is 0 Å². The van der Waals surface area contributed by atoms with Gasteiger partial charge >= 0.3 is 6.18 Å². The summed E-state index contributed by atoms with van der Waals surface area (Å²) in [6.45, 7) is 1.10. The number of aliphatic hydroxyl groups excluding tert-OH is 1. The van der Waals surface area contributed by atoms with E-state index in [9.17, 15) is 27.5 Å². The van der Waals surface area contributed by atoms with Crippen molar-refractivity contribution in [3.8, 4) is 17.6 Å². The van der Waals surface area contributed by atoms with Crippen LogP contribution in [0.1, 0.15) is 38.9 Å². The number of carbonyl (C=O) groups is 1. The van der Waals surface area contributed by atoms with Gasteiger partial charge in [0.15, 0.2) is 5.78 Å². The van der Waals surface area contributed by atoms with Crippen molar-refractivity contribution in [1.29, 1.82) is 0 Å². The number of nitrogens with one attached hydrogen (secondary N) is 2. The quantitative estimate of drug-likeness (QED) is 0.106. The molecule has 3 aromatic carbocycles. The van der Waals surface area contributed by atoms with Crippen LogP contribution in [0.25, 0.3) is 10.1 Å². The Hall–Kier alpha value is -4.11. The zero-order valence-corrected chi connectivity index (χ0v) is 25.6. The molecule has 3 unspecified atom stereocenters. The number of rotatable bonds is 9. The minimum atomic E-state index is -4.44. The van der Waals surface area contributed by atoms with Crippen LogP contribution in [0, 0.1) is 11.8 Å². The van der Waals surface area contributed by atoms with Gasteiger partial charge in [-0.1, -0.05) is 54.3 Å². The van der Waals surface area contributed by atoms with E-state index in [1.165, 1.54) is 13.2 Å². The van der Waals surface area contributed by atoms with Crippen LogP contribution < -0.4 is 15.4 Å². The Kier molecular flexibility index (Phi) is 9.97. The van der Waals surface area contributed by atoms with Crippen LogP contribution in [0.3, 0.4) is 0 Å². The summed E-state index contributed by atoms with van der Waals surface area (Å²) in [5, 5.41) is 17.3. The number of methoxy groups -OCH3 is 1. The molecule has 1 aromatic heterocycles. The van der Waals surface area contributed by atoms with Crippen LogP contribution in [0.5, 0.6) is 5.75 Å². The fourth-order valence-electron chi connectivity index (χ4n) is 5.38. The van der Waals surface area contributed by atoms with Crippen molar-refractivity contribution in [2.75, 3.05) is 44.4 Å². The molecule has 3 atom stereocenters. The average molecular weight is 640 g/mol. The molecule has 1 saturated heterocycles. The maximum atomic E-state index is 14.7. The van der Waals surface area contributed by atoms with Gasteiger partial charge in [0.2, 0.25) is 0 Å². The number of likely N-dealkylation sites (tertiary alicyclic amines) is 1. The van der Waals surface area contributed by atoms with Crippen molar-refractivity contribution < 1.29 is 32.2 Å². The number of thiophene rings is 1. The molecule has 1 fully saturated rings. The number of nitrogens with zero attached hydrogens (tertiary/aromatic N) is 1.